The molecular weight excluding hydrogens is 260 g/mol. The minimum Gasteiger partial charge on any atom is -0.317 e. The molecule has 1 N–H and O–H groups in total. The molecule has 1 rings (SSSR count). The number of nitrogens with zero attached hydrogens (tertiary/aromatic N) is 1. The zero-order valence-corrected chi connectivity index (χ0v) is 13.6. The molecule has 0 bridgehead atoms. The maximum atomic E-state index is 12.2. The monoisotopic (exact) mass is 290 g/mol. The lowest BCUT2D eigenvalue weighted by Crippen LogP contribution is -2.43. The third-order valence-corrected chi connectivity index (χ3v) is 6.32. The Morgan fingerprint density at radius 2 is 1.79 bits per heavy atom. The van der Waals surface area contributed by atoms with E-state index in [1.165, 1.54) is 0 Å². The van der Waals surface area contributed by atoms with Gasteiger partial charge >= 0.3 is 0 Å². The van der Waals surface area contributed by atoms with Crippen molar-refractivity contribution in [1.29, 1.82) is 0 Å². The Kier molecular flexibility index (Phi) is 6.77. The fourth-order valence-corrected chi connectivity index (χ4v) is 3.97. The fourth-order valence-electron chi connectivity index (χ4n) is 2.47. The van der Waals surface area contributed by atoms with Gasteiger partial charge in [-0.15, -0.1) is 0 Å². The second-order valence-electron chi connectivity index (χ2n) is 5.98. The molecule has 0 spiro atoms. The van der Waals surface area contributed by atoms with Crippen molar-refractivity contribution in [3.8, 4) is 0 Å². The maximum absolute atomic E-state index is 12.2. The van der Waals surface area contributed by atoms with E-state index in [-0.39, 0.29) is 5.75 Å². The van der Waals surface area contributed by atoms with Crippen molar-refractivity contribution in [3.63, 3.8) is 0 Å². The number of nitrogens with one attached hydrogen (secondary N) is 1. The van der Waals surface area contributed by atoms with Gasteiger partial charge in [0.25, 0.3) is 0 Å². The predicted octanol–water partition coefficient (Wildman–Crippen LogP) is 2.22. The maximum Gasteiger partial charge on any atom is 0.214 e. The number of hydrogen-bond acceptors (Lipinski definition) is 3. The first-order chi connectivity index (χ1) is 8.93. The lowest BCUT2D eigenvalue weighted by atomic mass is 9.79. The Bertz CT molecular complexity index is 346. The second-order valence-corrected chi connectivity index (χ2v) is 8.07. The fraction of sp³-hybridized carbons (Fsp3) is 1.00. The molecule has 0 aromatic rings. The highest BCUT2D eigenvalue weighted by atomic mass is 32.2. The number of sulfonamides is 1. The summed E-state index contributed by atoms with van der Waals surface area (Å²) in [4.78, 5) is 0. The molecule has 1 aliphatic heterocycles. The van der Waals surface area contributed by atoms with Gasteiger partial charge in [-0.1, -0.05) is 27.2 Å². The standard InChI is InChI=1S/C14H30N2O2S/c1-4-9-15-10-6-13-19(17,18)16-11-7-14(3,5-2)8-12-16/h15H,4-13H2,1-3H3. The van der Waals surface area contributed by atoms with E-state index in [1.807, 2.05) is 0 Å². The summed E-state index contributed by atoms with van der Waals surface area (Å²) in [6.45, 7) is 9.76. The van der Waals surface area contributed by atoms with Gasteiger partial charge in [0.2, 0.25) is 10.0 Å². The van der Waals surface area contributed by atoms with Crippen molar-refractivity contribution in [1.82, 2.24) is 9.62 Å². The van der Waals surface area contributed by atoms with Gasteiger partial charge in [0, 0.05) is 13.1 Å². The van der Waals surface area contributed by atoms with Crippen molar-refractivity contribution < 1.29 is 8.42 Å². The Hall–Kier alpha value is -0.130. The topological polar surface area (TPSA) is 49.4 Å². The summed E-state index contributed by atoms with van der Waals surface area (Å²) in [5.41, 5.74) is 0.342. The van der Waals surface area contributed by atoms with Crippen molar-refractivity contribution in [2.75, 3.05) is 31.9 Å². The van der Waals surface area contributed by atoms with Gasteiger partial charge in [-0.2, -0.15) is 0 Å². The van der Waals surface area contributed by atoms with Crippen molar-refractivity contribution in [2.24, 2.45) is 5.41 Å². The summed E-state index contributed by atoms with van der Waals surface area (Å²) >= 11 is 0. The second kappa shape index (κ2) is 7.60. The quantitative estimate of drug-likeness (QED) is 0.697. The van der Waals surface area contributed by atoms with Gasteiger partial charge in [0.1, 0.15) is 0 Å². The summed E-state index contributed by atoms with van der Waals surface area (Å²) in [5, 5.41) is 3.25. The van der Waals surface area contributed by atoms with E-state index in [2.05, 4.69) is 26.1 Å². The van der Waals surface area contributed by atoms with Crippen molar-refractivity contribution in [3.05, 3.63) is 0 Å². The molecule has 1 heterocycles. The first-order valence-corrected chi connectivity index (χ1v) is 9.23. The molecule has 1 saturated heterocycles. The number of hydrogen-bond donors (Lipinski definition) is 1. The minimum absolute atomic E-state index is 0.284. The molecule has 4 nitrogen and oxygen atoms in total. The van der Waals surface area contributed by atoms with E-state index < -0.39 is 10.0 Å². The van der Waals surface area contributed by atoms with Gasteiger partial charge in [0.05, 0.1) is 5.75 Å². The van der Waals surface area contributed by atoms with Crippen LogP contribution in [0.2, 0.25) is 0 Å². The van der Waals surface area contributed by atoms with Crippen LogP contribution in [0.4, 0.5) is 0 Å². The van der Waals surface area contributed by atoms with E-state index in [0.717, 1.165) is 38.8 Å². The van der Waals surface area contributed by atoms with Gasteiger partial charge in [-0.25, -0.2) is 12.7 Å². The smallest absolute Gasteiger partial charge is 0.214 e. The van der Waals surface area contributed by atoms with Crippen LogP contribution in [0.1, 0.15) is 52.9 Å². The molecule has 0 atom stereocenters. The third-order valence-electron chi connectivity index (χ3n) is 4.36. The van der Waals surface area contributed by atoms with Gasteiger partial charge < -0.3 is 5.32 Å². The Balaban J connectivity index is 2.34. The summed E-state index contributed by atoms with van der Waals surface area (Å²) < 4.78 is 26.1. The molecule has 0 radical (unpaired) electrons. The molecule has 5 heteroatoms. The average molecular weight is 290 g/mol. The summed E-state index contributed by atoms with van der Waals surface area (Å²) in [5.74, 6) is 0.284. The Morgan fingerprint density at radius 3 is 2.32 bits per heavy atom. The SMILES string of the molecule is CCCNCCCS(=O)(=O)N1CCC(C)(CC)CC1. The molecule has 19 heavy (non-hydrogen) atoms. The molecule has 0 unspecified atom stereocenters. The van der Waals surface area contributed by atoms with Crippen molar-refractivity contribution in [2.45, 2.75) is 52.9 Å². The molecule has 0 saturated carbocycles. The van der Waals surface area contributed by atoms with Crippen LogP contribution in [0, 0.1) is 5.41 Å². The van der Waals surface area contributed by atoms with Crippen LogP contribution in [0.5, 0.6) is 0 Å². The van der Waals surface area contributed by atoms with Crippen LogP contribution in [-0.2, 0) is 10.0 Å². The molecule has 0 aromatic heterocycles. The largest absolute Gasteiger partial charge is 0.317 e. The normalized spacial score (nSPS) is 20.6. The van der Waals surface area contributed by atoms with Gasteiger partial charge in [-0.3, -0.25) is 0 Å². The summed E-state index contributed by atoms with van der Waals surface area (Å²) in [7, 11) is -3.04. The zero-order valence-electron chi connectivity index (χ0n) is 12.7. The lowest BCUT2D eigenvalue weighted by Gasteiger charge is -2.38. The number of rotatable bonds is 8. The van der Waals surface area contributed by atoms with E-state index in [1.54, 1.807) is 4.31 Å². The Morgan fingerprint density at radius 1 is 1.16 bits per heavy atom. The summed E-state index contributed by atoms with van der Waals surface area (Å²) in [6, 6.07) is 0. The molecule has 1 aliphatic rings. The highest BCUT2D eigenvalue weighted by Gasteiger charge is 2.33. The van der Waals surface area contributed by atoms with Crippen LogP contribution >= 0.6 is 0 Å². The highest BCUT2D eigenvalue weighted by molar-refractivity contribution is 7.89. The van der Waals surface area contributed by atoms with Crippen LogP contribution < -0.4 is 5.32 Å². The van der Waals surface area contributed by atoms with E-state index >= 15 is 0 Å². The van der Waals surface area contributed by atoms with Crippen LogP contribution in [0.3, 0.4) is 0 Å². The summed E-state index contributed by atoms with van der Waals surface area (Å²) in [6.07, 6.45) is 4.94. The lowest BCUT2D eigenvalue weighted by molar-refractivity contribution is 0.169. The zero-order chi connectivity index (χ0) is 14.4. The predicted molar refractivity (Wildman–Crippen MR) is 80.8 cm³/mol. The van der Waals surface area contributed by atoms with Gasteiger partial charge in [-0.05, 0) is 44.2 Å². The average Bonchev–Trinajstić information content (AvgIpc) is 2.39. The molecule has 114 valence electrons. The van der Waals surface area contributed by atoms with Crippen LogP contribution in [-0.4, -0.2) is 44.7 Å². The minimum atomic E-state index is -3.04. The third kappa shape index (κ3) is 5.40. The van der Waals surface area contributed by atoms with E-state index in [4.69, 9.17) is 0 Å². The molecule has 0 amide bonds. The molecule has 0 aromatic carbocycles. The molecular formula is C14H30N2O2S. The van der Waals surface area contributed by atoms with E-state index in [9.17, 15) is 8.42 Å². The van der Waals surface area contributed by atoms with Gasteiger partial charge in [0.15, 0.2) is 0 Å². The number of piperidine rings is 1. The highest BCUT2D eigenvalue weighted by Crippen LogP contribution is 2.34. The van der Waals surface area contributed by atoms with Crippen molar-refractivity contribution >= 4 is 10.0 Å². The first kappa shape index (κ1) is 16.9. The van der Waals surface area contributed by atoms with Crippen LogP contribution in [0.25, 0.3) is 0 Å². The Labute approximate surface area is 119 Å². The van der Waals surface area contributed by atoms with Crippen LogP contribution in [0.15, 0.2) is 0 Å². The van der Waals surface area contributed by atoms with E-state index in [0.29, 0.717) is 24.9 Å². The molecule has 0 aliphatic carbocycles. The first-order valence-electron chi connectivity index (χ1n) is 7.62. The molecule has 1 fully saturated rings.